The van der Waals surface area contributed by atoms with Gasteiger partial charge < -0.3 is 14.6 Å². The highest BCUT2D eigenvalue weighted by atomic mass is 32.3. The number of aryl methyl sites for hydroxylation is 2. The summed E-state index contributed by atoms with van der Waals surface area (Å²) in [5.74, 6) is 1.68. The van der Waals surface area contributed by atoms with Crippen LogP contribution >= 0.6 is 22.4 Å². The molecule has 1 fully saturated rings. The Balaban J connectivity index is 1.78. The second-order valence-electron chi connectivity index (χ2n) is 6.78. The topological polar surface area (TPSA) is 94.7 Å². The highest BCUT2D eigenvalue weighted by Gasteiger charge is 2.27. The average molecular weight is 453 g/mol. The molecule has 0 aromatic carbocycles. The zero-order valence-electron chi connectivity index (χ0n) is 16.0. The highest BCUT2D eigenvalue weighted by Crippen LogP contribution is 2.41. The van der Waals surface area contributed by atoms with Crippen LogP contribution in [0.2, 0.25) is 0 Å². The molecule has 7 nitrogen and oxygen atoms in total. The smallest absolute Gasteiger partial charge is 0.405 e. The van der Waals surface area contributed by atoms with Crippen LogP contribution in [0, 0.1) is 13.8 Å². The molecule has 1 aliphatic rings. The zero-order chi connectivity index (χ0) is 21.2. The fraction of sp³-hybridized carbons (Fsp3) is 0.529. The van der Waals surface area contributed by atoms with E-state index in [1.807, 2.05) is 18.7 Å². The van der Waals surface area contributed by atoms with Crippen LogP contribution in [0.5, 0.6) is 0 Å². The first-order valence-corrected chi connectivity index (χ1v) is 11.7. The van der Waals surface area contributed by atoms with Crippen molar-refractivity contribution in [3.63, 3.8) is 0 Å². The first-order chi connectivity index (χ1) is 13.5. The molecule has 3 N–H and O–H groups in total. The molecular weight excluding hydrogens is 429 g/mol. The molecule has 0 unspecified atom stereocenters. The van der Waals surface area contributed by atoms with Gasteiger partial charge in [0.1, 0.15) is 18.1 Å². The average Bonchev–Trinajstić information content (AvgIpc) is 2.95. The van der Waals surface area contributed by atoms with Gasteiger partial charge in [0, 0.05) is 30.6 Å². The van der Waals surface area contributed by atoms with Crippen LogP contribution in [-0.4, -0.2) is 56.4 Å². The number of thioether (sulfide) groups is 1. The summed E-state index contributed by atoms with van der Waals surface area (Å²) in [7, 11) is -2.57. The van der Waals surface area contributed by atoms with Gasteiger partial charge in [0.05, 0.1) is 22.9 Å². The van der Waals surface area contributed by atoms with Gasteiger partial charge in [-0.15, -0.1) is 0 Å². The molecule has 3 rings (SSSR count). The van der Waals surface area contributed by atoms with Gasteiger partial charge in [0.15, 0.2) is 0 Å². The Morgan fingerprint density at radius 1 is 1.21 bits per heavy atom. The van der Waals surface area contributed by atoms with Crippen molar-refractivity contribution in [1.82, 2.24) is 9.97 Å². The fourth-order valence-electron chi connectivity index (χ4n) is 2.74. The van der Waals surface area contributed by atoms with Crippen molar-refractivity contribution in [2.45, 2.75) is 31.0 Å². The van der Waals surface area contributed by atoms with Gasteiger partial charge >= 0.3 is 6.18 Å². The van der Waals surface area contributed by atoms with E-state index < -0.39 is 23.3 Å². The maximum Gasteiger partial charge on any atom is 0.405 e. The summed E-state index contributed by atoms with van der Waals surface area (Å²) in [6.45, 7) is 3.28. The number of hydrogen-bond acceptors (Lipinski definition) is 8. The van der Waals surface area contributed by atoms with E-state index in [-0.39, 0.29) is 17.3 Å². The molecule has 1 aliphatic heterocycles. The van der Waals surface area contributed by atoms with E-state index >= 15 is 0 Å². The number of hydrogen-bond donors (Lipinski definition) is 3. The molecule has 2 aromatic heterocycles. The first kappa shape index (κ1) is 22.1. The Labute approximate surface area is 172 Å². The number of nitrogens with zero attached hydrogens (tertiary/aromatic N) is 3. The first-order valence-electron chi connectivity index (χ1n) is 8.88. The summed E-state index contributed by atoms with van der Waals surface area (Å²) >= 11 is 1.31. The maximum atomic E-state index is 12.6. The largest absolute Gasteiger partial charge is 0.437 e. The zero-order valence-corrected chi connectivity index (χ0v) is 17.6. The van der Waals surface area contributed by atoms with Gasteiger partial charge in [-0.05, 0) is 19.9 Å². The molecule has 162 valence electrons. The fourth-order valence-corrected chi connectivity index (χ4v) is 4.77. The van der Waals surface area contributed by atoms with Gasteiger partial charge in [0.25, 0.3) is 5.22 Å². The number of nitrogens with one attached hydrogen (secondary N) is 1. The minimum atomic E-state index is -4.36. The summed E-state index contributed by atoms with van der Waals surface area (Å²) in [4.78, 5) is 10.5. The van der Waals surface area contributed by atoms with Gasteiger partial charge in [-0.25, -0.2) is 9.97 Å². The molecule has 0 spiro atoms. The molecule has 0 saturated carbocycles. The van der Waals surface area contributed by atoms with E-state index in [2.05, 4.69) is 15.3 Å². The van der Waals surface area contributed by atoms with Crippen molar-refractivity contribution in [2.24, 2.45) is 0 Å². The van der Waals surface area contributed by atoms with Crippen molar-refractivity contribution in [2.75, 3.05) is 41.4 Å². The third-order valence-corrected chi connectivity index (χ3v) is 6.96. The predicted molar refractivity (Wildman–Crippen MR) is 109 cm³/mol. The quantitative estimate of drug-likeness (QED) is 0.551. The minimum Gasteiger partial charge on any atom is -0.437 e. The summed E-state index contributed by atoms with van der Waals surface area (Å²) in [6.07, 6.45) is -4.36. The summed E-state index contributed by atoms with van der Waals surface area (Å²) in [5, 5.41) is 2.80. The number of rotatable bonds is 6. The number of alkyl halides is 3. The Morgan fingerprint density at radius 2 is 1.90 bits per heavy atom. The normalized spacial score (nSPS) is 18.0. The van der Waals surface area contributed by atoms with Crippen molar-refractivity contribution >= 4 is 33.9 Å². The molecule has 1 saturated heterocycles. The monoisotopic (exact) mass is 452 g/mol. The molecular formula is C17H23F3N4O3S2. The predicted octanol–water partition coefficient (Wildman–Crippen LogP) is 4.52. The molecule has 2 aromatic rings. The molecule has 0 bridgehead atoms. The van der Waals surface area contributed by atoms with E-state index in [0.717, 1.165) is 5.69 Å². The number of pyridine rings is 1. The van der Waals surface area contributed by atoms with Gasteiger partial charge in [-0.2, -0.15) is 23.8 Å². The van der Waals surface area contributed by atoms with Crippen molar-refractivity contribution in [3.05, 3.63) is 29.3 Å². The van der Waals surface area contributed by atoms with Gasteiger partial charge in [-0.1, -0.05) is 11.8 Å². The summed E-state index contributed by atoms with van der Waals surface area (Å²) < 4.78 is 63.0. The van der Waals surface area contributed by atoms with E-state index in [9.17, 15) is 22.3 Å². The standard InChI is InChI=1S/C17H23F3N4O3S2/c1-11-12(2)27-16(22-11)28-9-13-7-14(24-3-5-29(25,26)6-4-24)8-15(23-13)21-10-17(18,19)20/h7-8,25-26H,3-6,9-10H2,1-2H3,(H,21,23). The van der Waals surface area contributed by atoms with E-state index in [0.29, 0.717) is 41.2 Å². The second-order valence-corrected chi connectivity index (χ2v) is 10.1. The molecule has 0 aliphatic carbocycles. The molecule has 12 heteroatoms. The second kappa shape index (κ2) is 8.62. The molecule has 3 heterocycles. The van der Waals surface area contributed by atoms with E-state index in [4.69, 9.17) is 4.42 Å². The molecule has 0 radical (unpaired) electrons. The summed E-state index contributed by atoms with van der Waals surface area (Å²) in [6, 6.07) is 3.35. The third-order valence-electron chi connectivity index (χ3n) is 4.43. The highest BCUT2D eigenvalue weighted by molar-refractivity contribution is 8.24. The lowest BCUT2D eigenvalue weighted by Crippen LogP contribution is -2.38. The number of anilines is 2. The van der Waals surface area contributed by atoms with Crippen LogP contribution in [0.4, 0.5) is 24.7 Å². The third kappa shape index (κ3) is 6.43. The van der Waals surface area contributed by atoms with Crippen LogP contribution in [0.1, 0.15) is 17.1 Å². The lowest BCUT2D eigenvalue weighted by Gasteiger charge is -2.42. The number of aromatic nitrogens is 2. The van der Waals surface area contributed by atoms with E-state index in [1.165, 1.54) is 11.8 Å². The Kier molecular flexibility index (Phi) is 6.56. The minimum absolute atomic E-state index is 0.118. The Bertz CT molecular complexity index is 831. The van der Waals surface area contributed by atoms with Crippen LogP contribution < -0.4 is 10.2 Å². The SMILES string of the molecule is Cc1nc(SCc2cc(N3CCS(O)(O)CC3)cc(NCC(F)(F)F)n2)oc1C. The lowest BCUT2D eigenvalue weighted by atomic mass is 10.2. The molecule has 29 heavy (non-hydrogen) atoms. The van der Waals surface area contributed by atoms with Gasteiger partial charge in [0.2, 0.25) is 0 Å². The Morgan fingerprint density at radius 3 is 2.48 bits per heavy atom. The maximum absolute atomic E-state index is 12.6. The number of halogens is 3. The van der Waals surface area contributed by atoms with Crippen LogP contribution in [-0.2, 0) is 5.75 Å². The van der Waals surface area contributed by atoms with E-state index in [1.54, 1.807) is 12.1 Å². The summed E-state index contributed by atoms with van der Waals surface area (Å²) in [5.41, 5.74) is 2.05. The van der Waals surface area contributed by atoms with Crippen LogP contribution in [0.3, 0.4) is 0 Å². The number of oxazole rings is 1. The van der Waals surface area contributed by atoms with Crippen LogP contribution in [0.25, 0.3) is 0 Å². The van der Waals surface area contributed by atoms with Crippen molar-refractivity contribution in [1.29, 1.82) is 0 Å². The van der Waals surface area contributed by atoms with Gasteiger partial charge in [-0.3, -0.25) is 9.11 Å². The molecule has 0 atom stereocenters. The Hall–Kier alpha value is -1.63. The molecule has 0 amide bonds. The lowest BCUT2D eigenvalue weighted by molar-refractivity contribution is -0.115. The van der Waals surface area contributed by atoms with Crippen molar-refractivity contribution < 1.29 is 26.7 Å². The van der Waals surface area contributed by atoms with Crippen molar-refractivity contribution in [3.8, 4) is 0 Å². The van der Waals surface area contributed by atoms with Crippen LogP contribution in [0.15, 0.2) is 21.8 Å².